The summed E-state index contributed by atoms with van der Waals surface area (Å²) >= 11 is 0. The van der Waals surface area contributed by atoms with Crippen molar-refractivity contribution < 1.29 is 23.0 Å². The molecule has 1 heterocycles. The van der Waals surface area contributed by atoms with E-state index in [0.29, 0.717) is 17.1 Å². The Kier molecular flexibility index (Phi) is 6.41. The number of aliphatic hydroxyl groups excluding tert-OH is 1. The average molecular weight is 418 g/mol. The molecule has 0 saturated carbocycles. The van der Waals surface area contributed by atoms with Gasteiger partial charge >= 0.3 is 6.36 Å². The summed E-state index contributed by atoms with van der Waals surface area (Å²) in [5.41, 5.74) is 3.78. The van der Waals surface area contributed by atoms with Crippen molar-refractivity contribution in [2.45, 2.75) is 20.2 Å². The molecule has 0 radical (unpaired) electrons. The number of hydrogen-bond donors (Lipinski definition) is 3. The van der Waals surface area contributed by atoms with Crippen molar-refractivity contribution in [1.29, 1.82) is 0 Å². The summed E-state index contributed by atoms with van der Waals surface area (Å²) in [6, 6.07) is 13.1. The Labute approximate surface area is 171 Å². The van der Waals surface area contributed by atoms with Crippen molar-refractivity contribution in [3.63, 3.8) is 0 Å². The van der Waals surface area contributed by atoms with Crippen LogP contribution in [0.1, 0.15) is 11.1 Å². The lowest BCUT2D eigenvalue weighted by molar-refractivity contribution is -0.274. The van der Waals surface area contributed by atoms with Gasteiger partial charge in [0, 0.05) is 23.9 Å². The second kappa shape index (κ2) is 9.00. The minimum atomic E-state index is -4.78. The van der Waals surface area contributed by atoms with Crippen molar-refractivity contribution in [3.8, 4) is 17.0 Å². The lowest BCUT2D eigenvalue weighted by Crippen LogP contribution is -2.17. The van der Waals surface area contributed by atoms with Gasteiger partial charge < -0.3 is 20.5 Å². The first-order chi connectivity index (χ1) is 14.2. The first-order valence-corrected chi connectivity index (χ1v) is 9.17. The van der Waals surface area contributed by atoms with Gasteiger partial charge in [0.05, 0.1) is 12.3 Å². The van der Waals surface area contributed by atoms with Crippen LogP contribution >= 0.6 is 0 Å². The molecule has 1 aromatic heterocycles. The summed E-state index contributed by atoms with van der Waals surface area (Å²) in [5.74, 6) is 0.343. The zero-order chi connectivity index (χ0) is 21.7. The Bertz CT molecular complexity index is 1010. The Balaban J connectivity index is 1.97. The van der Waals surface area contributed by atoms with E-state index in [1.54, 1.807) is 12.1 Å². The molecule has 9 heteroatoms. The Morgan fingerprint density at radius 2 is 1.73 bits per heavy atom. The summed E-state index contributed by atoms with van der Waals surface area (Å²) in [6.07, 6.45) is -4.78. The van der Waals surface area contributed by atoms with Crippen LogP contribution in [0.25, 0.3) is 11.3 Å². The topological polar surface area (TPSA) is 79.3 Å². The van der Waals surface area contributed by atoms with Crippen molar-refractivity contribution >= 4 is 17.5 Å². The van der Waals surface area contributed by atoms with Gasteiger partial charge in [-0.3, -0.25) is 0 Å². The molecule has 0 unspecified atom stereocenters. The van der Waals surface area contributed by atoms with E-state index in [2.05, 4.69) is 25.3 Å². The maximum Gasteiger partial charge on any atom is 0.573 e. The summed E-state index contributed by atoms with van der Waals surface area (Å²) in [5, 5.41) is 15.2. The summed E-state index contributed by atoms with van der Waals surface area (Å²) in [6.45, 7) is 4.06. The largest absolute Gasteiger partial charge is 0.573 e. The molecular formula is C21H21F3N4O2. The van der Waals surface area contributed by atoms with Crippen LogP contribution in [0.5, 0.6) is 5.75 Å². The van der Waals surface area contributed by atoms with Crippen LogP contribution in [0.3, 0.4) is 0 Å². The highest BCUT2D eigenvalue weighted by Gasteiger charge is 2.31. The molecular weight excluding hydrogens is 397 g/mol. The van der Waals surface area contributed by atoms with Gasteiger partial charge in [0.1, 0.15) is 11.6 Å². The van der Waals surface area contributed by atoms with Crippen molar-refractivity contribution in [2.75, 3.05) is 23.8 Å². The van der Waals surface area contributed by atoms with Crippen LogP contribution in [0, 0.1) is 13.8 Å². The zero-order valence-electron chi connectivity index (χ0n) is 16.4. The predicted octanol–water partition coefficient (Wildman–Crippen LogP) is 4.81. The van der Waals surface area contributed by atoms with Crippen LogP contribution in [0.2, 0.25) is 0 Å². The van der Waals surface area contributed by atoms with E-state index in [4.69, 9.17) is 5.11 Å². The number of nitrogens with one attached hydrogen (secondary N) is 2. The molecule has 0 aliphatic heterocycles. The van der Waals surface area contributed by atoms with Crippen LogP contribution in [-0.4, -0.2) is 34.6 Å². The predicted molar refractivity (Wildman–Crippen MR) is 109 cm³/mol. The first-order valence-electron chi connectivity index (χ1n) is 9.17. The van der Waals surface area contributed by atoms with E-state index in [0.717, 1.165) is 16.8 Å². The molecule has 0 amide bonds. The van der Waals surface area contributed by atoms with Gasteiger partial charge in [-0.15, -0.1) is 13.2 Å². The van der Waals surface area contributed by atoms with Crippen LogP contribution in [0.15, 0.2) is 48.5 Å². The molecule has 0 aliphatic rings. The monoisotopic (exact) mass is 418 g/mol. The van der Waals surface area contributed by atoms with Crippen LogP contribution in [-0.2, 0) is 0 Å². The minimum Gasteiger partial charge on any atom is -0.406 e. The number of hydrogen-bond acceptors (Lipinski definition) is 6. The molecule has 6 nitrogen and oxygen atoms in total. The maximum absolute atomic E-state index is 12.6. The van der Waals surface area contributed by atoms with E-state index in [1.165, 1.54) is 18.2 Å². The molecule has 3 aromatic rings. The molecule has 0 saturated heterocycles. The SMILES string of the molecule is Cc1cc(C)cc(Nc2cc(-c3cccc(OC(F)(F)F)c3)nc(NCCO)n2)c1. The molecule has 0 atom stereocenters. The lowest BCUT2D eigenvalue weighted by Gasteiger charge is -2.13. The third kappa shape index (κ3) is 6.08. The highest BCUT2D eigenvalue weighted by molar-refractivity contribution is 5.68. The molecule has 2 aromatic carbocycles. The fourth-order valence-electron chi connectivity index (χ4n) is 2.95. The van der Waals surface area contributed by atoms with Crippen molar-refractivity contribution in [1.82, 2.24) is 9.97 Å². The van der Waals surface area contributed by atoms with Gasteiger partial charge in [-0.1, -0.05) is 18.2 Å². The number of aromatic nitrogens is 2. The highest BCUT2D eigenvalue weighted by atomic mass is 19.4. The number of aliphatic hydroxyl groups is 1. The van der Waals surface area contributed by atoms with E-state index in [-0.39, 0.29) is 24.8 Å². The minimum absolute atomic E-state index is 0.123. The quantitative estimate of drug-likeness (QED) is 0.511. The average Bonchev–Trinajstić information content (AvgIpc) is 2.64. The Hall–Kier alpha value is -3.33. The Morgan fingerprint density at radius 1 is 1.00 bits per heavy atom. The second-order valence-corrected chi connectivity index (χ2v) is 6.69. The molecule has 0 bridgehead atoms. The second-order valence-electron chi connectivity index (χ2n) is 6.69. The number of halogens is 3. The van der Waals surface area contributed by atoms with E-state index < -0.39 is 6.36 Å². The normalized spacial score (nSPS) is 11.3. The lowest BCUT2D eigenvalue weighted by atomic mass is 10.1. The first kappa shape index (κ1) is 21.4. The number of benzene rings is 2. The maximum atomic E-state index is 12.6. The molecule has 0 spiro atoms. The smallest absolute Gasteiger partial charge is 0.406 e. The van der Waals surface area contributed by atoms with Crippen LogP contribution in [0.4, 0.5) is 30.6 Å². The fraction of sp³-hybridized carbons (Fsp3) is 0.238. The van der Waals surface area contributed by atoms with E-state index in [9.17, 15) is 13.2 Å². The fourth-order valence-corrected chi connectivity index (χ4v) is 2.95. The molecule has 3 rings (SSSR count). The van der Waals surface area contributed by atoms with Crippen molar-refractivity contribution in [3.05, 3.63) is 59.7 Å². The Morgan fingerprint density at radius 3 is 2.40 bits per heavy atom. The molecule has 3 N–H and O–H groups in total. The number of nitrogens with zero attached hydrogens (tertiary/aromatic N) is 2. The van der Waals surface area contributed by atoms with Crippen LogP contribution < -0.4 is 15.4 Å². The number of ether oxygens (including phenoxy) is 1. The third-order valence-corrected chi connectivity index (χ3v) is 3.98. The van der Waals surface area contributed by atoms with Gasteiger partial charge in [-0.05, 0) is 49.2 Å². The highest BCUT2D eigenvalue weighted by Crippen LogP contribution is 2.29. The molecule has 30 heavy (non-hydrogen) atoms. The van der Waals surface area contributed by atoms with Gasteiger partial charge in [-0.25, -0.2) is 4.98 Å². The standard InChI is InChI=1S/C21H21F3N4O2/c1-13-8-14(2)10-16(9-13)26-19-12-18(27-20(28-19)25-6-7-29)15-4-3-5-17(11-15)30-21(22,23)24/h3-5,8-12,29H,6-7H2,1-2H3,(H2,25,26,27,28). The summed E-state index contributed by atoms with van der Waals surface area (Å²) in [7, 11) is 0. The number of anilines is 3. The number of rotatable bonds is 7. The third-order valence-electron chi connectivity index (χ3n) is 3.98. The number of aryl methyl sites for hydroxylation is 2. The van der Waals surface area contributed by atoms with Gasteiger partial charge in [-0.2, -0.15) is 4.98 Å². The molecule has 158 valence electrons. The van der Waals surface area contributed by atoms with Gasteiger partial charge in [0.2, 0.25) is 5.95 Å². The number of alkyl halides is 3. The van der Waals surface area contributed by atoms with E-state index in [1.807, 2.05) is 32.0 Å². The van der Waals surface area contributed by atoms with Gasteiger partial charge in [0.15, 0.2) is 0 Å². The summed E-state index contributed by atoms with van der Waals surface area (Å²) < 4.78 is 41.7. The van der Waals surface area contributed by atoms with E-state index >= 15 is 0 Å². The zero-order valence-corrected chi connectivity index (χ0v) is 16.4. The summed E-state index contributed by atoms with van der Waals surface area (Å²) in [4.78, 5) is 8.72. The molecule has 0 fully saturated rings. The van der Waals surface area contributed by atoms with Gasteiger partial charge in [0.25, 0.3) is 0 Å². The molecule has 0 aliphatic carbocycles. The van der Waals surface area contributed by atoms with Crippen molar-refractivity contribution in [2.24, 2.45) is 0 Å².